The van der Waals surface area contributed by atoms with Crippen LogP contribution in [0.25, 0.3) is 0 Å². The van der Waals surface area contributed by atoms with Crippen LogP contribution in [0.2, 0.25) is 0 Å². The highest BCUT2D eigenvalue weighted by Gasteiger charge is 2.13. The standard InChI is InChI=1S/C10H14N4O4/c1-3-4-18-10(17)11-5-7(2)14-6-8(9(15)16)12-13-14/h3,6-7H,1,4-5H2,2H3,(H,11,17)(H,15,16)/t7-/m0/s1. The zero-order valence-corrected chi connectivity index (χ0v) is 9.87. The summed E-state index contributed by atoms with van der Waals surface area (Å²) in [4.78, 5) is 21.7. The summed E-state index contributed by atoms with van der Waals surface area (Å²) in [6.07, 6.45) is 2.18. The van der Waals surface area contributed by atoms with Crippen molar-refractivity contribution in [2.45, 2.75) is 13.0 Å². The van der Waals surface area contributed by atoms with Crippen LogP contribution in [-0.2, 0) is 4.74 Å². The summed E-state index contributed by atoms with van der Waals surface area (Å²) in [6.45, 7) is 5.55. The molecule has 1 aromatic rings. The molecule has 1 atom stereocenters. The van der Waals surface area contributed by atoms with E-state index in [4.69, 9.17) is 9.84 Å². The lowest BCUT2D eigenvalue weighted by Crippen LogP contribution is -2.30. The number of hydrogen-bond donors (Lipinski definition) is 2. The third-order valence-electron chi connectivity index (χ3n) is 2.06. The Kier molecular flexibility index (Phi) is 4.85. The van der Waals surface area contributed by atoms with E-state index in [1.807, 2.05) is 0 Å². The van der Waals surface area contributed by atoms with Gasteiger partial charge in [0.1, 0.15) is 6.61 Å². The maximum Gasteiger partial charge on any atom is 0.407 e. The fourth-order valence-electron chi connectivity index (χ4n) is 1.10. The molecule has 0 saturated carbocycles. The molecule has 8 heteroatoms. The van der Waals surface area contributed by atoms with E-state index >= 15 is 0 Å². The molecule has 0 spiro atoms. The van der Waals surface area contributed by atoms with Crippen LogP contribution >= 0.6 is 0 Å². The number of nitrogens with one attached hydrogen (secondary N) is 1. The third-order valence-corrected chi connectivity index (χ3v) is 2.06. The van der Waals surface area contributed by atoms with Gasteiger partial charge in [0.2, 0.25) is 0 Å². The molecule has 0 radical (unpaired) electrons. The Labute approximate surface area is 103 Å². The minimum Gasteiger partial charge on any atom is -0.476 e. The molecular formula is C10H14N4O4. The van der Waals surface area contributed by atoms with E-state index in [1.54, 1.807) is 6.92 Å². The zero-order chi connectivity index (χ0) is 13.5. The van der Waals surface area contributed by atoms with Gasteiger partial charge < -0.3 is 15.2 Å². The average molecular weight is 254 g/mol. The SMILES string of the molecule is C=CCOC(=O)NC[C@H](C)n1cc(C(=O)O)nn1. The van der Waals surface area contributed by atoms with Gasteiger partial charge in [-0.25, -0.2) is 14.3 Å². The number of alkyl carbamates (subject to hydrolysis) is 1. The highest BCUT2D eigenvalue weighted by molar-refractivity contribution is 5.84. The molecule has 1 heterocycles. The number of aromatic carboxylic acids is 1. The van der Waals surface area contributed by atoms with Gasteiger partial charge in [0.05, 0.1) is 12.2 Å². The number of nitrogens with zero attached hydrogens (tertiary/aromatic N) is 3. The van der Waals surface area contributed by atoms with Gasteiger partial charge >= 0.3 is 12.1 Å². The Hall–Kier alpha value is -2.38. The normalized spacial score (nSPS) is 11.6. The number of rotatable bonds is 6. The Bertz CT molecular complexity index is 443. The Morgan fingerprint density at radius 3 is 3.00 bits per heavy atom. The van der Waals surface area contributed by atoms with Crippen LogP contribution in [0.3, 0.4) is 0 Å². The highest BCUT2D eigenvalue weighted by atomic mass is 16.5. The number of amides is 1. The van der Waals surface area contributed by atoms with Crippen molar-refractivity contribution >= 4 is 12.1 Å². The highest BCUT2D eigenvalue weighted by Crippen LogP contribution is 2.03. The van der Waals surface area contributed by atoms with Gasteiger partial charge in [-0.2, -0.15) is 0 Å². The molecule has 0 aliphatic rings. The molecule has 1 aromatic heterocycles. The number of carboxylic acids is 1. The van der Waals surface area contributed by atoms with Crippen LogP contribution < -0.4 is 5.32 Å². The van der Waals surface area contributed by atoms with Gasteiger partial charge in [-0.1, -0.05) is 17.9 Å². The number of ether oxygens (including phenoxy) is 1. The number of carbonyl (C=O) groups excluding carboxylic acids is 1. The topological polar surface area (TPSA) is 106 Å². The number of carboxylic acid groups (broad SMARTS) is 1. The maximum atomic E-state index is 11.1. The Balaban J connectivity index is 2.44. The first-order valence-electron chi connectivity index (χ1n) is 5.21. The predicted molar refractivity (Wildman–Crippen MR) is 61.2 cm³/mol. The van der Waals surface area contributed by atoms with Crippen LogP contribution in [-0.4, -0.2) is 45.3 Å². The number of carbonyl (C=O) groups is 2. The lowest BCUT2D eigenvalue weighted by atomic mass is 10.3. The quantitative estimate of drug-likeness (QED) is 0.714. The fourth-order valence-corrected chi connectivity index (χ4v) is 1.10. The van der Waals surface area contributed by atoms with Gasteiger partial charge in [-0.3, -0.25) is 0 Å². The smallest absolute Gasteiger partial charge is 0.407 e. The van der Waals surface area contributed by atoms with Gasteiger partial charge in [-0.05, 0) is 6.92 Å². The van der Waals surface area contributed by atoms with Crippen LogP contribution in [0.5, 0.6) is 0 Å². The van der Waals surface area contributed by atoms with E-state index in [9.17, 15) is 9.59 Å². The second-order valence-corrected chi connectivity index (χ2v) is 3.51. The molecular weight excluding hydrogens is 240 g/mol. The van der Waals surface area contributed by atoms with Gasteiger partial charge in [0.25, 0.3) is 0 Å². The lowest BCUT2D eigenvalue weighted by molar-refractivity contribution is 0.0690. The average Bonchev–Trinajstić information content (AvgIpc) is 2.83. The van der Waals surface area contributed by atoms with Crippen molar-refractivity contribution in [3.63, 3.8) is 0 Å². The minimum absolute atomic E-state index is 0.132. The first-order valence-corrected chi connectivity index (χ1v) is 5.21. The summed E-state index contributed by atoms with van der Waals surface area (Å²) in [7, 11) is 0. The van der Waals surface area contributed by atoms with Gasteiger partial charge in [0.15, 0.2) is 5.69 Å². The van der Waals surface area contributed by atoms with Crippen molar-refractivity contribution in [2.75, 3.05) is 13.2 Å². The fraction of sp³-hybridized carbons (Fsp3) is 0.400. The summed E-state index contributed by atoms with van der Waals surface area (Å²) in [5, 5.41) is 18.3. The molecule has 0 unspecified atom stereocenters. The van der Waals surface area contributed by atoms with Crippen LogP contribution in [0.1, 0.15) is 23.5 Å². The Morgan fingerprint density at radius 1 is 1.72 bits per heavy atom. The predicted octanol–water partition coefficient (Wildman–Crippen LogP) is 0.449. The van der Waals surface area contributed by atoms with Crippen LogP contribution in [0.4, 0.5) is 4.79 Å². The van der Waals surface area contributed by atoms with E-state index in [1.165, 1.54) is 17.0 Å². The number of hydrogen-bond acceptors (Lipinski definition) is 5. The van der Waals surface area contributed by atoms with Crippen LogP contribution in [0.15, 0.2) is 18.9 Å². The van der Waals surface area contributed by atoms with Crippen LogP contribution in [0, 0.1) is 0 Å². The molecule has 2 N–H and O–H groups in total. The first kappa shape index (κ1) is 13.7. The largest absolute Gasteiger partial charge is 0.476 e. The molecule has 0 aliphatic carbocycles. The van der Waals surface area contributed by atoms with E-state index in [-0.39, 0.29) is 24.9 Å². The van der Waals surface area contributed by atoms with Crippen molar-refractivity contribution in [1.82, 2.24) is 20.3 Å². The first-order chi connectivity index (χ1) is 8.54. The van der Waals surface area contributed by atoms with Crippen molar-refractivity contribution < 1.29 is 19.4 Å². The minimum atomic E-state index is -1.15. The molecule has 1 rings (SSSR count). The summed E-state index contributed by atoms with van der Waals surface area (Å²) < 4.78 is 6.07. The summed E-state index contributed by atoms with van der Waals surface area (Å²) in [6, 6.07) is -0.234. The molecule has 8 nitrogen and oxygen atoms in total. The Morgan fingerprint density at radius 2 is 2.44 bits per heavy atom. The second-order valence-electron chi connectivity index (χ2n) is 3.51. The molecule has 0 fully saturated rings. The summed E-state index contributed by atoms with van der Waals surface area (Å²) in [5.41, 5.74) is -0.143. The van der Waals surface area contributed by atoms with Crippen molar-refractivity contribution in [2.24, 2.45) is 0 Å². The van der Waals surface area contributed by atoms with Crippen molar-refractivity contribution in [3.05, 3.63) is 24.5 Å². The van der Waals surface area contributed by atoms with Crippen molar-refractivity contribution in [1.29, 1.82) is 0 Å². The lowest BCUT2D eigenvalue weighted by Gasteiger charge is -2.11. The van der Waals surface area contributed by atoms with Gasteiger partial charge in [0, 0.05) is 6.54 Å². The monoisotopic (exact) mass is 254 g/mol. The molecule has 98 valence electrons. The summed E-state index contributed by atoms with van der Waals surface area (Å²) >= 11 is 0. The molecule has 18 heavy (non-hydrogen) atoms. The van der Waals surface area contributed by atoms with E-state index in [2.05, 4.69) is 22.2 Å². The number of aromatic nitrogens is 3. The third kappa shape index (κ3) is 3.89. The van der Waals surface area contributed by atoms with E-state index < -0.39 is 12.1 Å². The molecule has 1 amide bonds. The molecule has 0 aromatic carbocycles. The van der Waals surface area contributed by atoms with Crippen molar-refractivity contribution in [3.8, 4) is 0 Å². The zero-order valence-electron chi connectivity index (χ0n) is 9.87. The summed E-state index contributed by atoms with van der Waals surface area (Å²) in [5.74, 6) is -1.15. The molecule has 0 bridgehead atoms. The van der Waals surface area contributed by atoms with E-state index in [0.29, 0.717) is 0 Å². The van der Waals surface area contributed by atoms with E-state index in [0.717, 1.165) is 0 Å². The molecule has 0 aliphatic heterocycles. The molecule has 0 saturated heterocycles. The second kappa shape index (κ2) is 6.38. The maximum absolute atomic E-state index is 11.1. The van der Waals surface area contributed by atoms with Gasteiger partial charge in [-0.15, -0.1) is 5.10 Å².